The Morgan fingerprint density at radius 2 is 1.56 bits per heavy atom. The van der Waals surface area contributed by atoms with Gasteiger partial charge in [-0.05, 0) is 52.5 Å². The van der Waals surface area contributed by atoms with E-state index in [1.165, 1.54) is 0 Å². The second-order valence-corrected chi connectivity index (χ2v) is 11.1. The van der Waals surface area contributed by atoms with Gasteiger partial charge in [0.15, 0.2) is 0 Å². The lowest BCUT2D eigenvalue weighted by atomic mass is 9.99. The average Bonchev–Trinajstić information content (AvgIpc) is 2.85. The summed E-state index contributed by atoms with van der Waals surface area (Å²) in [4.78, 5) is 53.5. The Kier molecular flexibility index (Phi) is 15.2. The van der Waals surface area contributed by atoms with Crippen LogP contribution >= 0.6 is 0 Å². The molecule has 39 heavy (non-hydrogen) atoms. The van der Waals surface area contributed by atoms with Crippen LogP contribution in [0.15, 0.2) is 24.3 Å². The molecule has 0 fully saturated rings. The predicted molar refractivity (Wildman–Crippen MR) is 154 cm³/mol. The summed E-state index contributed by atoms with van der Waals surface area (Å²) in [7, 11) is 0. The summed E-state index contributed by atoms with van der Waals surface area (Å²) in [6.45, 7) is 12.1. The summed E-state index contributed by atoms with van der Waals surface area (Å²) < 4.78 is 5.39. The van der Waals surface area contributed by atoms with E-state index >= 15 is 0 Å². The topological polar surface area (TPSA) is 131 Å². The van der Waals surface area contributed by atoms with Crippen LogP contribution in [0, 0.1) is 6.92 Å². The lowest BCUT2D eigenvalue weighted by Gasteiger charge is -2.34. The van der Waals surface area contributed by atoms with Crippen LogP contribution in [0.1, 0.15) is 110 Å². The molecule has 0 bridgehead atoms. The monoisotopic (exact) mass is 546 g/mol. The molecular formula is C30H50N4O5. The molecule has 9 nitrogen and oxygen atoms in total. The number of primary amides is 1. The van der Waals surface area contributed by atoms with Gasteiger partial charge in [0.05, 0.1) is 0 Å². The summed E-state index contributed by atoms with van der Waals surface area (Å²) in [6.07, 6.45) is 5.67. The van der Waals surface area contributed by atoms with Gasteiger partial charge in [0.25, 0.3) is 0 Å². The van der Waals surface area contributed by atoms with Gasteiger partial charge >= 0.3 is 6.09 Å². The van der Waals surface area contributed by atoms with E-state index in [1.807, 2.05) is 38.1 Å². The van der Waals surface area contributed by atoms with E-state index in [0.717, 1.165) is 44.1 Å². The van der Waals surface area contributed by atoms with Crippen molar-refractivity contribution in [2.24, 2.45) is 5.73 Å². The fraction of sp³-hybridized carbons (Fsp3) is 0.667. The first kappa shape index (κ1) is 33.9. The maximum atomic E-state index is 14.1. The quantitative estimate of drug-likeness (QED) is 0.239. The van der Waals surface area contributed by atoms with E-state index in [0.29, 0.717) is 25.1 Å². The number of hydrogen-bond acceptors (Lipinski definition) is 5. The van der Waals surface area contributed by atoms with Gasteiger partial charge in [-0.25, -0.2) is 4.79 Å². The first-order chi connectivity index (χ1) is 18.4. The third kappa shape index (κ3) is 13.5. The minimum absolute atomic E-state index is 0.00217. The number of alkyl carbamates (subject to hydrolysis) is 1. The normalized spacial score (nSPS) is 12.8. The molecule has 2 atom stereocenters. The fourth-order valence-corrected chi connectivity index (χ4v) is 4.15. The van der Waals surface area contributed by atoms with Crippen LogP contribution < -0.4 is 16.4 Å². The number of rotatable bonds is 17. The molecule has 1 rings (SSSR count). The van der Waals surface area contributed by atoms with Crippen molar-refractivity contribution in [2.45, 2.75) is 117 Å². The van der Waals surface area contributed by atoms with Gasteiger partial charge in [0, 0.05) is 19.5 Å². The lowest BCUT2D eigenvalue weighted by Crippen LogP contribution is -2.53. The van der Waals surface area contributed by atoms with Gasteiger partial charge in [0.2, 0.25) is 17.7 Å². The molecule has 2 unspecified atom stereocenters. The van der Waals surface area contributed by atoms with Crippen LogP contribution in [0.2, 0.25) is 0 Å². The highest BCUT2D eigenvalue weighted by Crippen LogP contribution is 2.25. The Morgan fingerprint density at radius 3 is 2.13 bits per heavy atom. The van der Waals surface area contributed by atoms with Crippen LogP contribution in [-0.2, 0) is 19.1 Å². The number of nitrogens with two attached hydrogens (primary N) is 1. The molecule has 4 amide bonds. The van der Waals surface area contributed by atoms with E-state index in [-0.39, 0.29) is 18.7 Å². The van der Waals surface area contributed by atoms with Crippen molar-refractivity contribution in [3.8, 4) is 0 Å². The molecule has 0 aliphatic heterocycles. The van der Waals surface area contributed by atoms with E-state index in [4.69, 9.17) is 10.5 Å². The van der Waals surface area contributed by atoms with Crippen molar-refractivity contribution in [3.63, 3.8) is 0 Å². The van der Waals surface area contributed by atoms with Crippen LogP contribution in [-0.4, -0.2) is 53.4 Å². The van der Waals surface area contributed by atoms with Crippen molar-refractivity contribution >= 4 is 23.8 Å². The zero-order valence-corrected chi connectivity index (χ0v) is 24.8. The number of amides is 4. The highest BCUT2D eigenvalue weighted by atomic mass is 16.6. The molecule has 0 aliphatic rings. The molecule has 0 saturated heterocycles. The molecule has 0 aromatic heterocycles. The third-order valence-electron chi connectivity index (χ3n) is 6.24. The molecule has 0 aliphatic carbocycles. The molecule has 0 radical (unpaired) electrons. The minimum Gasteiger partial charge on any atom is -0.444 e. The third-order valence-corrected chi connectivity index (χ3v) is 6.24. The second kappa shape index (κ2) is 17.5. The number of hydrogen-bond donors (Lipinski definition) is 3. The van der Waals surface area contributed by atoms with Gasteiger partial charge in [-0.15, -0.1) is 0 Å². The average molecular weight is 547 g/mol. The van der Waals surface area contributed by atoms with Crippen molar-refractivity contribution < 1.29 is 23.9 Å². The number of unbranched alkanes of at least 4 members (excludes halogenated alkanes) is 5. The van der Waals surface area contributed by atoms with Gasteiger partial charge < -0.3 is 26.0 Å². The zero-order chi connectivity index (χ0) is 29.4. The molecule has 0 spiro atoms. The summed E-state index contributed by atoms with van der Waals surface area (Å²) in [5.74, 6) is -1.31. The molecule has 1 aromatic carbocycles. The van der Waals surface area contributed by atoms with E-state index in [1.54, 1.807) is 25.7 Å². The number of nitrogens with zero attached hydrogens (tertiary/aromatic N) is 1. The van der Waals surface area contributed by atoms with Gasteiger partial charge in [-0.2, -0.15) is 0 Å². The lowest BCUT2D eigenvalue weighted by molar-refractivity contribution is -0.142. The summed E-state index contributed by atoms with van der Waals surface area (Å²) in [5, 5.41) is 5.62. The molecule has 220 valence electrons. The fourth-order valence-electron chi connectivity index (χ4n) is 4.15. The number of carbonyl (C=O) groups excluding carboxylic acids is 4. The van der Waals surface area contributed by atoms with E-state index in [9.17, 15) is 19.2 Å². The predicted octanol–water partition coefficient (Wildman–Crippen LogP) is 4.91. The zero-order valence-electron chi connectivity index (χ0n) is 24.8. The van der Waals surface area contributed by atoms with Crippen LogP contribution in [0.5, 0.6) is 0 Å². The van der Waals surface area contributed by atoms with Gasteiger partial charge in [0.1, 0.15) is 17.7 Å². The minimum atomic E-state index is -1.08. The molecule has 4 N–H and O–H groups in total. The number of nitrogens with one attached hydrogen (secondary N) is 2. The molecule has 9 heteroatoms. The van der Waals surface area contributed by atoms with Crippen molar-refractivity contribution in [3.05, 3.63) is 35.4 Å². The first-order valence-electron chi connectivity index (χ1n) is 14.3. The summed E-state index contributed by atoms with van der Waals surface area (Å²) in [5.41, 5.74) is 6.33. The standard InChI is InChI=1S/C30H50N4O5/c1-7-9-11-12-13-21-34(26(27(36)32-20-10-8-2)23-16-14-22(3)15-17-23)28(37)24(18-19-25(31)35)33-29(38)39-30(4,5)6/h14-17,24,26H,7-13,18-21H2,1-6H3,(H2,31,35)(H,32,36)(H,33,38). The summed E-state index contributed by atoms with van der Waals surface area (Å²) >= 11 is 0. The molecular weight excluding hydrogens is 496 g/mol. The van der Waals surface area contributed by atoms with Crippen LogP contribution in [0.25, 0.3) is 0 Å². The number of carbonyl (C=O) groups is 4. The smallest absolute Gasteiger partial charge is 0.408 e. The first-order valence-corrected chi connectivity index (χ1v) is 14.3. The van der Waals surface area contributed by atoms with Gasteiger partial charge in [-0.1, -0.05) is 75.8 Å². The van der Waals surface area contributed by atoms with Crippen LogP contribution in [0.4, 0.5) is 4.79 Å². The summed E-state index contributed by atoms with van der Waals surface area (Å²) in [6, 6.07) is 5.56. The Labute approximate surface area is 234 Å². The Bertz CT molecular complexity index is 911. The Morgan fingerprint density at radius 1 is 0.949 bits per heavy atom. The number of benzene rings is 1. The maximum absolute atomic E-state index is 14.1. The van der Waals surface area contributed by atoms with Crippen LogP contribution in [0.3, 0.4) is 0 Å². The van der Waals surface area contributed by atoms with Crippen molar-refractivity contribution in [1.29, 1.82) is 0 Å². The maximum Gasteiger partial charge on any atom is 0.408 e. The number of ether oxygens (including phenoxy) is 1. The molecule has 0 heterocycles. The Balaban J connectivity index is 3.43. The highest BCUT2D eigenvalue weighted by Gasteiger charge is 2.36. The Hall–Kier alpha value is -3.10. The largest absolute Gasteiger partial charge is 0.444 e. The molecule has 1 aromatic rings. The number of aryl methyl sites for hydroxylation is 1. The second-order valence-electron chi connectivity index (χ2n) is 11.1. The molecule has 0 saturated carbocycles. The van der Waals surface area contributed by atoms with Crippen molar-refractivity contribution in [1.82, 2.24) is 15.5 Å². The van der Waals surface area contributed by atoms with E-state index in [2.05, 4.69) is 17.6 Å². The highest BCUT2D eigenvalue weighted by molar-refractivity contribution is 5.92. The SMILES string of the molecule is CCCCCCCN(C(=O)C(CCC(N)=O)NC(=O)OC(C)(C)C)C(C(=O)NCCCC)c1ccc(C)cc1. The van der Waals surface area contributed by atoms with E-state index < -0.39 is 35.6 Å². The van der Waals surface area contributed by atoms with Gasteiger partial charge in [-0.3, -0.25) is 14.4 Å². The van der Waals surface area contributed by atoms with Crippen molar-refractivity contribution in [2.75, 3.05) is 13.1 Å².